The van der Waals surface area contributed by atoms with Crippen LogP contribution in [-0.2, 0) is 11.2 Å². The first-order valence-electron chi connectivity index (χ1n) is 11.9. The number of hydrogen-bond donors (Lipinski definition) is 0. The van der Waals surface area contributed by atoms with E-state index in [1.54, 1.807) is 35.6 Å². The minimum atomic E-state index is -0.262. The zero-order valence-corrected chi connectivity index (χ0v) is 21.0. The van der Waals surface area contributed by atoms with Crippen molar-refractivity contribution in [3.05, 3.63) is 88.1 Å². The number of ether oxygens (including phenoxy) is 3. The van der Waals surface area contributed by atoms with Gasteiger partial charge in [0.1, 0.15) is 18.9 Å². The number of carbonyl (C=O) groups is 2. The molecule has 1 aromatic heterocycles. The maximum absolute atomic E-state index is 13.6. The Labute approximate surface area is 214 Å². The van der Waals surface area contributed by atoms with Crippen LogP contribution in [0.15, 0.2) is 66.6 Å². The SMILES string of the molecule is C=CCN(CC(=O)N1CCc2sccc2[C@H]1COc1ccc(C)cc1)C(=O)c1ccc2c(c1)OCO2. The summed E-state index contributed by atoms with van der Waals surface area (Å²) in [4.78, 5) is 31.5. The van der Waals surface area contributed by atoms with Crippen molar-refractivity contribution in [3.8, 4) is 17.2 Å². The summed E-state index contributed by atoms with van der Waals surface area (Å²) in [7, 11) is 0. The highest BCUT2D eigenvalue weighted by atomic mass is 32.1. The van der Waals surface area contributed by atoms with Gasteiger partial charge in [0.25, 0.3) is 5.91 Å². The predicted molar refractivity (Wildman–Crippen MR) is 138 cm³/mol. The van der Waals surface area contributed by atoms with E-state index >= 15 is 0 Å². The number of thiophene rings is 1. The van der Waals surface area contributed by atoms with Crippen LogP contribution in [0, 0.1) is 6.92 Å². The lowest BCUT2D eigenvalue weighted by molar-refractivity contribution is -0.135. The van der Waals surface area contributed by atoms with E-state index in [2.05, 4.69) is 18.0 Å². The molecular weight excluding hydrogens is 476 g/mol. The van der Waals surface area contributed by atoms with E-state index in [-0.39, 0.29) is 37.7 Å². The van der Waals surface area contributed by atoms with Crippen molar-refractivity contribution < 1.29 is 23.8 Å². The molecule has 2 aliphatic rings. The predicted octanol–water partition coefficient (Wildman–Crippen LogP) is 4.62. The average Bonchev–Trinajstić information content (AvgIpc) is 3.56. The Morgan fingerprint density at radius 1 is 1.17 bits per heavy atom. The van der Waals surface area contributed by atoms with Crippen LogP contribution in [0.5, 0.6) is 17.2 Å². The Balaban J connectivity index is 1.33. The fourth-order valence-electron chi connectivity index (χ4n) is 4.53. The van der Waals surface area contributed by atoms with Crippen molar-refractivity contribution >= 4 is 23.2 Å². The zero-order chi connectivity index (χ0) is 25.1. The van der Waals surface area contributed by atoms with E-state index in [0.717, 1.165) is 23.3 Å². The molecule has 0 radical (unpaired) electrons. The number of fused-ring (bicyclic) bond motifs is 2. The molecule has 0 N–H and O–H groups in total. The van der Waals surface area contributed by atoms with Crippen LogP contribution in [0.2, 0.25) is 0 Å². The highest BCUT2D eigenvalue weighted by Crippen LogP contribution is 2.35. The number of nitrogens with zero attached hydrogens (tertiary/aromatic N) is 2. The summed E-state index contributed by atoms with van der Waals surface area (Å²) >= 11 is 1.71. The first kappa shape index (κ1) is 23.9. The number of amides is 2. The minimum Gasteiger partial charge on any atom is -0.491 e. The summed E-state index contributed by atoms with van der Waals surface area (Å²) in [5.74, 6) is 1.51. The van der Waals surface area contributed by atoms with Crippen LogP contribution in [-0.4, -0.2) is 54.6 Å². The molecule has 7 nitrogen and oxygen atoms in total. The standard InChI is InChI=1S/C28H28N2O5S/c1-3-12-29(28(32)20-6-9-24-25(15-20)35-18-34-24)16-27(31)30-13-10-26-22(11-14-36-26)23(30)17-33-21-7-4-19(2)5-8-21/h3-9,11,14-15,23H,1,10,12-13,16-18H2,2H3/t23-/m1/s1. The van der Waals surface area contributed by atoms with Crippen molar-refractivity contribution in [2.24, 2.45) is 0 Å². The molecule has 0 spiro atoms. The fourth-order valence-corrected chi connectivity index (χ4v) is 5.45. The number of aryl methyl sites for hydroxylation is 1. The van der Waals surface area contributed by atoms with E-state index < -0.39 is 0 Å². The summed E-state index contributed by atoms with van der Waals surface area (Å²) in [5.41, 5.74) is 2.71. The maximum atomic E-state index is 13.6. The Hall–Kier alpha value is -3.78. The molecule has 0 saturated carbocycles. The third kappa shape index (κ3) is 4.95. The van der Waals surface area contributed by atoms with Crippen LogP contribution in [0.4, 0.5) is 0 Å². The normalized spacial score (nSPS) is 15.8. The molecule has 0 unspecified atom stereocenters. The molecule has 0 saturated heterocycles. The summed E-state index contributed by atoms with van der Waals surface area (Å²) < 4.78 is 16.9. The van der Waals surface area contributed by atoms with Gasteiger partial charge in [-0.1, -0.05) is 23.8 Å². The van der Waals surface area contributed by atoms with E-state index in [1.165, 1.54) is 9.78 Å². The summed E-state index contributed by atoms with van der Waals surface area (Å²) in [6.07, 6.45) is 2.42. The monoisotopic (exact) mass is 504 g/mol. The molecule has 36 heavy (non-hydrogen) atoms. The van der Waals surface area contributed by atoms with Gasteiger partial charge in [0.2, 0.25) is 12.7 Å². The summed E-state index contributed by atoms with van der Waals surface area (Å²) in [6, 6.07) is 14.8. The Kier molecular flexibility index (Phi) is 6.95. The number of hydrogen-bond acceptors (Lipinski definition) is 6. The van der Waals surface area contributed by atoms with E-state index in [0.29, 0.717) is 30.2 Å². The molecule has 8 heteroatoms. The highest BCUT2D eigenvalue weighted by Gasteiger charge is 2.33. The van der Waals surface area contributed by atoms with Gasteiger partial charge in [-0.25, -0.2) is 0 Å². The molecule has 0 fully saturated rings. The smallest absolute Gasteiger partial charge is 0.254 e. The molecule has 186 valence electrons. The van der Waals surface area contributed by atoms with E-state index in [9.17, 15) is 9.59 Å². The lowest BCUT2D eigenvalue weighted by atomic mass is 10.0. The molecule has 3 heterocycles. The van der Waals surface area contributed by atoms with Gasteiger partial charge in [-0.05, 0) is 60.7 Å². The largest absolute Gasteiger partial charge is 0.491 e. The van der Waals surface area contributed by atoms with Crippen LogP contribution < -0.4 is 14.2 Å². The van der Waals surface area contributed by atoms with Crippen molar-refractivity contribution in [2.45, 2.75) is 19.4 Å². The van der Waals surface area contributed by atoms with Gasteiger partial charge in [-0.15, -0.1) is 17.9 Å². The van der Waals surface area contributed by atoms with Gasteiger partial charge in [0.05, 0.1) is 6.04 Å². The third-order valence-corrected chi connectivity index (χ3v) is 7.42. The summed E-state index contributed by atoms with van der Waals surface area (Å²) in [5, 5.41) is 2.06. The molecule has 1 atom stereocenters. The van der Waals surface area contributed by atoms with E-state index in [1.807, 2.05) is 36.1 Å². The molecule has 2 amide bonds. The highest BCUT2D eigenvalue weighted by molar-refractivity contribution is 7.10. The second-order valence-electron chi connectivity index (χ2n) is 8.82. The molecule has 5 rings (SSSR count). The van der Waals surface area contributed by atoms with Gasteiger partial charge in [0.15, 0.2) is 11.5 Å². The zero-order valence-electron chi connectivity index (χ0n) is 20.1. The quantitative estimate of drug-likeness (QED) is 0.419. The van der Waals surface area contributed by atoms with Gasteiger partial charge in [0, 0.05) is 23.5 Å². The van der Waals surface area contributed by atoms with Crippen LogP contribution in [0.3, 0.4) is 0 Å². The maximum Gasteiger partial charge on any atom is 0.254 e. The van der Waals surface area contributed by atoms with Crippen LogP contribution >= 0.6 is 11.3 Å². The molecule has 0 bridgehead atoms. The van der Waals surface area contributed by atoms with E-state index in [4.69, 9.17) is 14.2 Å². The van der Waals surface area contributed by atoms with Crippen LogP contribution in [0.1, 0.15) is 32.4 Å². The Morgan fingerprint density at radius 2 is 1.97 bits per heavy atom. The Morgan fingerprint density at radius 3 is 2.78 bits per heavy atom. The van der Waals surface area contributed by atoms with Gasteiger partial charge >= 0.3 is 0 Å². The fraction of sp³-hybridized carbons (Fsp3) is 0.286. The second kappa shape index (κ2) is 10.5. The van der Waals surface area contributed by atoms with Crippen LogP contribution in [0.25, 0.3) is 0 Å². The molecular formula is C28H28N2O5S. The first-order chi connectivity index (χ1) is 17.5. The summed E-state index contributed by atoms with van der Waals surface area (Å²) in [6.45, 7) is 7.06. The van der Waals surface area contributed by atoms with Gasteiger partial charge < -0.3 is 24.0 Å². The topological polar surface area (TPSA) is 68.3 Å². The number of rotatable bonds is 8. The Bertz CT molecular complexity index is 1270. The number of benzene rings is 2. The van der Waals surface area contributed by atoms with Gasteiger partial charge in [-0.3, -0.25) is 9.59 Å². The van der Waals surface area contributed by atoms with Crippen molar-refractivity contribution in [1.29, 1.82) is 0 Å². The third-order valence-electron chi connectivity index (χ3n) is 6.43. The van der Waals surface area contributed by atoms with Crippen molar-refractivity contribution in [2.75, 3.05) is 33.0 Å². The molecule has 3 aromatic rings. The lowest BCUT2D eigenvalue weighted by Crippen LogP contribution is -2.47. The first-order valence-corrected chi connectivity index (χ1v) is 12.8. The van der Waals surface area contributed by atoms with Gasteiger partial charge in [-0.2, -0.15) is 0 Å². The average molecular weight is 505 g/mol. The van der Waals surface area contributed by atoms with Crippen molar-refractivity contribution in [3.63, 3.8) is 0 Å². The molecule has 2 aliphatic heterocycles. The molecule has 2 aromatic carbocycles. The molecule has 0 aliphatic carbocycles. The minimum absolute atomic E-state index is 0.0558. The lowest BCUT2D eigenvalue weighted by Gasteiger charge is -2.37. The number of carbonyl (C=O) groups excluding carboxylic acids is 2. The second-order valence-corrected chi connectivity index (χ2v) is 9.82. The van der Waals surface area contributed by atoms with Crippen molar-refractivity contribution in [1.82, 2.24) is 9.80 Å².